The molecule has 0 aliphatic heterocycles. The van der Waals surface area contributed by atoms with E-state index in [1.165, 1.54) is 23.4 Å². The van der Waals surface area contributed by atoms with E-state index >= 15 is 0 Å². The number of amides is 1. The molecule has 1 unspecified atom stereocenters. The lowest BCUT2D eigenvalue weighted by Gasteiger charge is -2.19. The second kappa shape index (κ2) is 7.13. The van der Waals surface area contributed by atoms with Crippen molar-refractivity contribution in [3.8, 4) is 0 Å². The predicted octanol–water partition coefficient (Wildman–Crippen LogP) is 1.11. The van der Waals surface area contributed by atoms with Crippen LogP contribution in [0.5, 0.6) is 0 Å². The number of hydrogen-bond acceptors (Lipinski definition) is 6. The molecule has 0 spiro atoms. The number of thioether (sulfide) groups is 1. The number of nitrogens with one attached hydrogen (secondary N) is 1. The zero-order chi connectivity index (χ0) is 17.1. The van der Waals surface area contributed by atoms with E-state index in [0.717, 1.165) is 0 Å². The van der Waals surface area contributed by atoms with Crippen LogP contribution in [0.2, 0.25) is 0 Å². The predicted molar refractivity (Wildman–Crippen MR) is 87.0 cm³/mol. The van der Waals surface area contributed by atoms with Crippen molar-refractivity contribution in [1.29, 1.82) is 0 Å². The van der Waals surface area contributed by atoms with Gasteiger partial charge < -0.3 is 11.2 Å². The van der Waals surface area contributed by atoms with Crippen molar-refractivity contribution < 1.29 is 9.59 Å². The molecule has 1 rings (SSSR count). The summed E-state index contributed by atoms with van der Waals surface area (Å²) >= 11 is 1.20. The quantitative estimate of drug-likeness (QED) is 0.599. The lowest BCUT2D eigenvalue weighted by Crippen LogP contribution is -2.44. The van der Waals surface area contributed by atoms with Crippen molar-refractivity contribution in [2.75, 3.05) is 11.6 Å². The van der Waals surface area contributed by atoms with Crippen LogP contribution < -0.4 is 11.2 Å². The van der Waals surface area contributed by atoms with Gasteiger partial charge in [0, 0.05) is 5.41 Å². The van der Waals surface area contributed by atoms with Crippen LogP contribution in [-0.4, -0.2) is 38.4 Å². The normalized spacial score (nSPS) is 13.2. The Hall–Kier alpha value is -1.57. The van der Waals surface area contributed by atoms with Crippen LogP contribution in [0.4, 0.5) is 0 Å². The molecule has 124 valence electrons. The highest BCUT2D eigenvalue weighted by Crippen LogP contribution is 2.23. The van der Waals surface area contributed by atoms with Gasteiger partial charge in [-0.25, -0.2) is 4.68 Å². The Labute approximate surface area is 135 Å². The zero-order valence-electron chi connectivity index (χ0n) is 14.0. The summed E-state index contributed by atoms with van der Waals surface area (Å²) in [6, 6.07) is -0.464. The minimum absolute atomic E-state index is 0.0506. The third kappa shape index (κ3) is 4.72. The van der Waals surface area contributed by atoms with Gasteiger partial charge in [-0.15, -0.1) is 10.2 Å². The van der Waals surface area contributed by atoms with Gasteiger partial charge >= 0.3 is 0 Å². The molecular formula is C14H25N5O2S. The first-order valence-corrected chi connectivity index (χ1v) is 8.16. The van der Waals surface area contributed by atoms with Crippen molar-refractivity contribution in [2.24, 2.45) is 5.92 Å². The Balaban J connectivity index is 2.65. The molecule has 0 aliphatic carbocycles. The molecule has 0 aliphatic rings. The number of carbonyl (C=O) groups excluding carboxylic acids is 2. The molecular weight excluding hydrogens is 302 g/mol. The van der Waals surface area contributed by atoms with Crippen LogP contribution in [0.15, 0.2) is 5.16 Å². The maximum atomic E-state index is 12.0. The Morgan fingerprint density at radius 1 is 1.32 bits per heavy atom. The van der Waals surface area contributed by atoms with Crippen LogP contribution >= 0.6 is 11.8 Å². The minimum atomic E-state index is -0.464. The number of nitrogens with zero attached hydrogens (tertiary/aromatic N) is 3. The van der Waals surface area contributed by atoms with Crippen LogP contribution in [0, 0.1) is 5.92 Å². The molecule has 3 N–H and O–H groups in total. The van der Waals surface area contributed by atoms with Crippen molar-refractivity contribution in [1.82, 2.24) is 20.2 Å². The minimum Gasteiger partial charge on any atom is -0.345 e. The number of ketones is 1. The van der Waals surface area contributed by atoms with Crippen LogP contribution in [-0.2, 0) is 15.0 Å². The van der Waals surface area contributed by atoms with Gasteiger partial charge in [0.15, 0.2) is 11.6 Å². The third-order valence-corrected chi connectivity index (χ3v) is 4.03. The van der Waals surface area contributed by atoms with Gasteiger partial charge in [-0.2, -0.15) is 0 Å². The summed E-state index contributed by atoms with van der Waals surface area (Å²) in [6.07, 6.45) is 0. The average Bonchev–Trinajstić information content (AvgIpc) is 2.73. The Bertz CT molecular complexity index is 548. The molecule has 0 fully saturated rings. The van der Waals surface area contributed by atoms with Crippen molar-refractivity contribution >= 4 is 23.5 Å². The van der Waals surface area contributed by atoms with E-state index in [1.807, 2.05) is 34.6 Å². The summed E-state index contributed by atoms with van der Waals surface area (Å²) in [5.74, 6) is 6.52. The number of rotatable bonds is 6. The van der Waals surface area contributed by atoms with Crippen molar-refractivity contribution in [2.45, 2.75) is 58.2 Å². The van der Waals surface area contributed by atoms with E-state index < -0.39 is 6.04 Å². The van der Waals surface area contributed by atoms with Gasteiger partial charge in [-0.05, 0) is 12.8 Å². The molecule has 1 aromatic rings. The van der Waals surface area contributed by atoms with E-state index in [1.54, 1.807) is 0 Å². The molecule has 7 nitrogen and oxygen atoms in total. The van der Waals surface area contributed by atoms with E-state index in [9.17, 15) is 9.59 Å². The second-order valence-electron chi connectivity index (χ2n) is 6.61. The largest absolute Gasteiger partial charge is 0.345 e. The van der Waals surface area contributed by atoms with Crippen molar-refractivity contribution in [3.63, 3.8) is 0 Å². The number of carbonyl (C=O) groups is 2. The summed E-state index contributed by atoms with van der Waals surface area (Å²) in [4.78, 5) is 23.5. The lowest BCUT2D eigenvalue weighted by atomic mass is 9.96. The molecule has 8 heteroatoms. The highest BCUT2D eigenvalue weighted by atomic mass is 32.2. The fourth-order valence-corrected chi connectivity index (χ4v) is 2.64. The van der Waals surface area contributed by atoms with Crippen LogP contribution in [0.1, 0.15) is 47.4 Å². The molecule has 1 heterocycles. The second-order valence-corrected chi connectivity index (χ2v) is 7.56. The summed E-state index contributed by atoms with van der Waals surface area (Å²) < 4.78 is 1.41. The molecule has 1 atom stereocenters. The van der Waals surface area contributed by atoms with E-state index in [0.29, 0.717) is 11.0 Å². The van der Waals surface area contributed by atoms with Gasteiger partial charge in [-0.1, -0.05) is 46.4 Å². The molecule has 0 radical (unpaired) electrons. The molecule has 0 bridgehead atoms. The zero-order valence-corrected chi connectivity index (χ0v) is 14.8. The maximum absolute atomic E-state index is 12.0. The fraction of sp³-hybridized carbons (Fsp3) is 0.714. The van der Waals surface area contributed by atoms with Gasteiger partial charge in [0.1, 0.15) is 0 Å². The third-order valence-electron chi connectivity index (χ3n) is 3.09. The standard InChI is InChI=1S/C14H25N5O2S/c1-8(2)11(9(3)20)16-10(21)7-22-13-18-17-12(19(13)15)14(4,5)6/h8,11H,7,15H2,1-6H3,(H,16,21). The smallest absolute Gasteiger partial charge is 0.231 e. The first-order valence-electron chi connectivity index (χ1n) is 7.17. The van der Waals surface area contributed by atoms with Crippen molar-refractivity contribution in [3.05, 3.63) is 5.82 Å². The molecule has 0 saturated carbocycles. The monoisotopic (exact) mass is 327 g/mol. The summed E-state index contributed by atoms with van der Waals surface area (Å²) in [6.45, 7) is 11.2. The fourth-order valence-electron chi connectivity index (χ4n) is 1.97. The van der Waals surface area contributed by atoms with Gasteiger partial charge in [0.25, 0.3) is 0 Å². The number of aromatic nitrogens is 3. The Kier molecular flexibility index (Phi) is 5.99. The van der Waals surface area contributed by atoms with Crippen LogP contribution in [0.25, 0.3) is 0 Å². The lowest BCUT2D eigenvalue weighted by molar-refractivity contribution is -0.126. The van der Waals surface area contributed by atoms with Crippen LogP contribution in [0.3, 0.4) is 0 Å². The maximum Gasteiger partial charge on any atom is 0.231 e. The molecule has 22 heavy (non-hydrogen) atoms. The topological polar surface area (TPSA) is 103 Å². The number of Topliss-reactive ketones (excluding diaryl/α,β-unsaturated/α-hetero) is 1. The molecule has 0 saturated heterocycles. The SMILES string of the molecule is CC(=O)C(NC(=O)CSc1nnc(C(C)(C)C)n1N)C(C)C. The van der Waals surface area contributed by atoms with Gasteiger partial charge in [0.05, 0.1) is 11.8 Å². The molecule has 0 aromatic carbocycles. The molecule has 1 aromatic heterocycles. The Morgan fingerprint density at radius 3 is 2.32 bits per heavy atom. The van der Waals surface area contributed by atoms with Gasteiger partial charge in [0.2, 0.25) is 11.1 Å². The summed E-state index contributed by atoms with van der Waals surface area (Å²) in [5, 5.41) is 11.3. The number of hydrogen-bond donors (Lipinski definition) is 2. The first kappa shape index (κ1) is 18.5. The highest BCUT2D eigenvalue weighted by Gasteiger charge is 2.24. The van der Waals surface area contributed by atoms with E-state index in [4.69, 9.17) is 5.84 Å². The van der Waals surface area contributed by atoms with E-state index in [2.05, 4.69) is 15.5 Å². The Morgan fingerprint density at radius 2 is 1.91 bits per heavy atom. The van der Waals surface area contributed by atoms with Gasteiger partial charge in [-0.3, -0.25) is 9.59 Å². The van der Waals surface area contributed by atoms with E-state index in [-0.39, 0.29) is 28.8 Å². The first-order chi connectivity index (χ1) is 10.0. The summed E-state index contributed by atoms with van der Waals surface area (Å²) in [7, 11) is 0. The molecule has 1 amide bonds. The number of nitrogen functional groups attached to an aromatic ring is 1. The number of nitrogens with two attached hydrogens (primary N) is 1. The average molecular weight is 327 g/mol. The summed E-state index contributed by atoms with van der Waals surface area (Å²) in [5.41, 5.74) is -0.222. The highest BCUT2D eigenvalue weighted by molar-refractivity contribution is 7.99.